The van der Waals surface area contributed by atoms with Gasteiger partial charge in [-0.2, -0.15) is 5.26 Å². The van der Waals surface area contributed by atoms with Crippen LogP contribution in [-0.4, -0.2) is 53.8 Å². The molecule has 0 bridgehead atoms. The molecule has 1 fully saturated rings. The maximum atomic E-state index is 12.0. The highest BCUT2D eigenvalue weighted by atomic mass is 16.5. The number of carboxylic acids is 1. The lowest BCUT2D eigenvalue weighted by Crippen LogP contribution is -2.51. The molecular formula is C12H15N3O4. The highest BCUT2D eigenvalue weighted by molar-refractivity contribution is 5.76. The minimum absolute atomic E-state index is 0.237. The van der Waals surface area contributed by atoms with E-state index in [0.29, 0.717) is 19.6 Å². The van der Waals surface area contributed by atoms with Crippen LogP contribution in [0.1, 0.15) is 6.42 Å². The van der Waals surface area contributed by atoms with Crippen molar-refractivity contribution in [1.82, 2.24) is 10.2 Å². The van der Waals surface area contributed by atoms with Crippen LogP contribution in [0.5, 0.6) is 0 Å². The average Bonchev–Trinajstić information content (AvgIpc) is 2.87. The summed E-state index contributed by atoms with van der Waals surface area (Å²) in [5.41, 5.74) is 0. The van der Waals surface area contributed by atoms with Crippen LogP contribution in [-0.2, 0) is 9.53 Å². The van der Waals surface area contributed by atoms with Crippen molar-refractivity contribution in [3.63, 3.8) is 0 Å². The number of carbonyl (C=O) groups excluding carboxylic acids is 1. The van der Waals surface area contributed by atoms with Crippen LogP contribution in [0.25, 0.3) is 0 Å². The molecule has 0 aromatic rings. The number of nitrogens with zero attached hydrogens (tertiary/aromatic N) is 2. The summed E-state index contributed by atoms with van der Waals surface area (Å²) in [4.78, 5) is 24.3. The molecule has 1 saturated heterocycles. The smallest absolute Gasteiger partial charge is 0.318 e. The number of carbonyl (C=O) groups is 2. The van der Waals surface area contributed by atoms with Crippen molar-refractivity contribution in [3.05, 3.63) is 12.2 Å². The van der Waals surface area contributed by atoms with E-state index < -0.39 is 18.0 Å². The first-order valence-corrected chi connectivity index (χ1v) is 6.08. The lowest BCUT2D eigenvalue weighted by molar-refractivity contribution is -0.140. The van der Waals surface area contributed by atoms with E-state index in [1.807, 2.05) is 6.07 Å². The van der Waals surface area contributed by atoms with Gasteiger partial charge in [-0.1, -0.05) is 12.2 Å². The van der Waals surface area contributed by atoms with Crippen molar-refractivity contribution in [2.75, 3.05) is 19.7 Å². The van der Waals surface area contributed by atoms with Crippen molar-refractivity contribution in [2.24, 2.45) is 5.92 Å². The van der Waals surface area contributed by atoms with Gasteiger partial charge in [-0.15, -0.1) is 0 Å². The van der Waals surface area contributed by atoms with E-state index in [-0.39, 0.29) is 18.6 Å². The summed E-state index contributed by atoms with van der Waals surface area (Å²) in [6.45, 7) is 1.01. The molecule has 2 N–H and O–H groups in total. The van der Waals surface area contributed by atoms with E-state index in [2.05, 4.69) is 5.32 Å². The fraction of sp³-hybridized carbons (Fsp3) is 0.583. The number of amides is 2. The fourth-order valence-electron chi connectivity index (χ4n) is 2.15. The Labute approximate surface area is 110 Å². The number of rotatable bonds is 2. The van der Waals surface area contributed by atoms with Crippen LogP contribution >= 0.6 is 0 Å². The molecule has 2 amide bonds. The molecule has 0 spiro atoms. The van der Waals surface area contributed by atoms with Crippen molar-refractivity contribution in [1.29, 1.82) is 5.26 Å². The van der Waals surface area contributed by atoms with Crippen LogP contribution in [0.3, 0.4) is 0 Å². The number of aliphatic carboxylic acids is 1. The van der Waals surface area contributed by atoms with Crippen LogP contribution in [0, 0.1) is 17.2 Å². The van der Waals surface area contributed by atoms with Gasteiger partial charge in [0, 0.05) is 6.54 Å². The molecule has 102 valence electrons. The van der Waals surface area contributed by atoms with Gasteiger partial charge in [-0.3, -0.25) is 4.79 Å². The molecule has 1 aliphatic heterocycles. The molecule has 0 aromatic heterocycles. The number of carboxylic acid groups (broad SMARTS) is 1. The molecule has 3 atom stereocenters. The number of ether oxygens (including phenoxy) is 1. The van der Waals surface area contributed by atoms with E-state index in [0.717, 1.165) is 0 Å². The van der Waals surface area contributed by atoms with Gasteiger partial charge in [0.1, 0.15) is 0 Å². The SMILES string of the molecule is N#CC1CN(C(=O)NC2C=CC(C(=O)O)C2)CCO1. The van der Waals surface area contributed by atoms with E-state index in [4.69, 9.17) is 15.1 Å². The molecule has 7 heteroatoms. The van der Waals surface area contributed by atoms with Crippen LogP contribution in [0.15, 0.2) is 12.2 Å². The maximum absolute atomic E-state index is 12.0. The van der Waals surface area contributed by atoms with Gasteiger partial charge in [0.15, 0.2) is 6.10 Å². The highest BCUT2D eigenvalue weighted by Gasteiger charge is 2.28. The van der Waals surface area contributed by atoms with Gasteiger partial charge in [0.25, 0.3) is 0 Å². The number of hydrogen-bond acceptors (Lipinski definition) is 4. The van der Waals surface area contributed by atoms with Crippen LogP contribution < -0.4 is 5.32 Å². The summed E-state index contributed by atoms with van der Waals surface area (Å²) in [6, 6.07) is 1.41. The second-order valence-electron chi connectivity index (χ2n) is 4.56. The van der Waals surface area contributed by atoms with Gasteiger partial charge in [-0.05, 0) is 6.42 Å². The predicted octanol–water partition coefficient (Wildman–Crippen LogP) is -0.0503. The Hall–Kier alpha value is -2.07. The van der Waals surface area contributed by atoms with E-state index in [9.17, 15) is 9.59 Å². The molecule has 19 heavy (non-hydrogen) atoms. The van der Waals surface area contributed by atoms with Crippen molar-refractivity contribution in [3.8, 4) is 6.07 Å². The fourth-order valence-corrected chi connectivity index (χ4v) is 2.15. The molecule has 0 saturated carbocycles. The summed E-state index contributed by atoms with van der Waals surface area (Å²) in [5, 5.41) is 20.4. The summed E-state index contributed by atoms with van der Waals surface area (Å²) < 4.78 is 5.15. The van der Waals surface area contributed by atoms with Crippen molar-refractivity contribution < 1.29 is 19.4 Å². The lowest BCUT2D eigenvalue weighted by atomic mass is 10.1. The van der Waals surface area contributed by atoms with Gasteiger partial charge < -0.3 is 20.1 Å². The third-order valence-electron chi connectivity index (χ3n) is 3.21. The topological polar surface area (TPSA) is 103 Å². The van der Waals surface area contributed by atoms with Crippen molar-refractivity contribution in [2.45, 2.75) is 18.6 Å². The normalized spacial score (nSPS) is 29.8. The first-order valence-electron chi connectivity index (χ1n) is 6.08. The Kier molecular flexibility index (Phi) is 4.02. The molecule has 2 rings (SSSR count). The zero-order valence-corrected chi connectivity index (χ0v) is 10.3. The van der Waals surface area contributed by atoms with Crippen LogP contribution in [0.4, 0.5) is 4.79 Å². The molecule has 0 radical (unpaired) electrons. The second-order valence-corrected chi connectivity index (χ2v) is 4.56. The summed E-state index contributed by atoms with van der Waals surface area (Å²) in [5.74, 6) is -1.43. The minimum Gasteiger partial charge on any atom is -0.481 e. The van der Waals surface area contributed by atoms with Gasteiger partial charge in [0.2, 0.25) is 0 Å². The largest absolute Gasteiger partial charge is 0.481 e. The van der Waals surface area contributed by atoms with Gasteiger partial charge in [-0.25, -0.2) is 4.79 Å². The first kappa shape index (κ1) is 13.4. The Morgan fingerprint density at radius 1 is 1.47 bits per heavy atom. The van der Waals surface area contributed by atoms with Gasteiger partial charge in [0.05, 0.1) is 31.2 Å². The number of nitriles is 1. The summed E-state index contributed by atoms with van der Waals surface area (Å²) in [6.07, 6.45) is 3.06. The van der Waals surface area contributed by atoms with E-state index in [1.54, 1.807) is 12.2 Å². The molecule has 7 nitrogen and oxygen atoms in total. The standard InChI is InChI=1S/C12H15N3O4/c13-6-10-7-15(3-4-19-10)12(18)14-9-2-1-8(5-9)11(16)17/h1-2,8-10H,3-5,7H2,(H,14,18)(H,16,17). The quantitative estimate of drug-likeness (QED) is 0.681. The molecule has 0 aromatic carbocycles. The number of hydrogen-bond donors (Lipinski definition) is 2. The third-order valence-corrected chi connectivity index (χ3v) is 3.21. The number of morpholine rings is 1. The van der Waals surface area contributed by atoms with E-state index >= 15 is 0 Å². The second kappa shape index (κ2) is 5.71. The minimum atomic E-state index is -0.885. The van der Waals surface area contributed by atoms with Crippen molar-refractivity contribution >= 4 is 12.0 Å². The first-order chi connectivity index (χ1) is 9.10. The van der Waals surface area contributed by atoms with Crippen LogP contribution in [0.2, 0.25) is 0 Å². The Balaban J connectivity index is 1.84. The summed E-state index contributed by atoms with van der Waals surface area (Å²) >= 11 is 0. The Morgan fingerprint density at radius 2 is 2.26 bits per heavy atom. The monoisotopic (exact) mass is 265 g/mol. The lowest BCUT2D eigenvalue weighted by Gasteiger charge is -2.30. The van der Waals surface area contributed by atoms with Gasteiger partial charge >= 0.3 is 12.0 Å². The summed E-state index contributed by atoms with van der Waals surface area (Å²) in [7, 11) is 0. The van der Waals surface area contributed by atoms with E-state index in [1.165, 1.54) is 4.90 Å². The zero-order valence-electron chi connectivity index (χ0n) is 10.3. The molecule has 3 unspecified atom stereocenters. The number of urea groups is 1. The molecule has 1 heterocycles. The Morgan fingerprint density at radius 3 is 2.89 bits per heavy atom. The number of nitrogens with one attached hydrogen (secondary N) is 1. The third kappa shape index (κ3) is 3.23. The molecular weight excluding hydrogens is 250 g/mol. The highest BCUT2D eigenvalue weighted by Crippen LogP contribution is 2.18. The molecule has 2 aliphatic rings. The molecule has 1 aliphatic carbocycles. The predicted molar refractivity (Wildman–Crippen MR) is 64.1 cm³/mol. The average molecular weight is 265 g/mol. The zero-order chi connectivity index (χ0) is 13.8. The Bertz CT molecular complexity index is 443. The maximum Gasteiger partial charge on any atom is 0.318 e.